The molecule has 0 bridgehead atoms. The number of hydrogen-bond donors (Lipinski definition) is 25. The molecule has 25 N–H and O–H groups in total. The molecular formula is C59H99NO42. The SMILES string of the molecule is CC(=O)NC1C(OC2C(CO)OC(OC3C(CO)OC(OC(C)C)C(O)C3O)C(O)C2OC2(C(=O)O)CC(O)C(C)C([C@H](O)[C@@H](CO)OC3(C(=O)O)CC(O)C(C)C([C@H](O)[C@H](O)CO)O3)O2)OC(CO)C(O)C1OC1OC(CO)C(O)C(OC2(C(=O)O)CC(O)C(C)C([C@H](O)[C@H](O)CO)O2)C1O. The summed E-state index contributed by atoms with van der Waals surface area (Å²) in [5, 5.41) is 267. The lowest BCUT2D eigenvalue weighted by Crippen LogP contribution is -2.71. The number of amides is 1. The minimum Gasteiger partial charge on any atom is -0.477 e. The van der Waals surface area contributed by atoms with Gasteiger partial charge in [0.25, 0.3) is 17.4 Å². The number of carbonyl (C=O) groups excluding carboxylic acids is 1. The van der Waals surface area contributed by atoms with Gasteiger partial charge in [-0.3, -0.25) is 4.79 Å². The van der Waals surface area contributed by atoms with E-state index >= 15 is 0 Å². The molecule has 38 atom stereocenters. The number of ether oxygens (including phenoxy) is 14. The molecule has 7 fully saturated rings. The first-order valence-electron chi connectivity index (χ1n) is 32.9. The first kappa shape index (κ1) is 85.7. The summed E-state index contributed by atoms with van der Waals surface area (Å²) in [6.07, 6.45) is -70.7. The molecule has 0 aliphatic carbocycles. The monoisotopic (exact) mass is 1490 g/mol. The Bertz CT molecular complexity index is 2690. The number of carboxylic acids is 3. The van der Waals surface area contributed by atoms with Gasteiger partial charge in [0.2, 0.25) is 5.91 Å². The van der Waals surface area contributed by atoms with Gasteiger partial charge in [0.1, 0.15) is 134 Å². The fourth-order valence-corrected chi connectivity index (χ4v) is 13.4. The standard InChI is InChI=1S/C59H99NO42/c1-17(2)89-51-39(80)38(79)45(30(15-66)92-51)94-53-41(82)49(102-59(56(87)88)9-24(71)20(5)44(100-59)37(78)29(14-65)97-57(54(83)84)7-22(69)18(3)42(98-57)33(74)25(72)10-61)46(31(16-67)93-53)95-50-32(60-21(6)68)47(35(76)27(12-63)90-50)96-52-40(81)48(36(77)28(13-64)91-52)101-58(55(85)86)8-23(70)19(4)43(99-58)34(75)26(73)11-62/h17-20,22-53,61-67,69-82H,7-16H2,1-6H3,(H,60,68)(H,83,84)(H,85,86)(H,87,88)/t18?,19?,20?,22?,23?,24?,25-,26-,27?,28?,29-,30?,31?,32?,33-,34-,35?,36?,37-,38?,39?,40?,41?,42?,43?,44?,45?,46?,47?,48?,49?,50?,51?,52?,53?,57?,58?,59?/m1/s1. The Labute approximate surface area is 580 Å². The molecule has 0 aromatic rings. The van der Waals surface area contributed by atoms with Gasteiger partial charge >= 0.3 is 17.9 Å². The van der Waals surface area contributed by atoms with Gasteiger partial charge in [0.05, 0.1) is 89.0 Å². The van der Waals surface area contributed by atoms with E-state index < -0.39 is 327 Å². The number of carboxylic acid groups (broad SMARTS) is 3. The second-order valence-corrected chi connectivity index (χ2v) is 26.8. The molecule has 0 aromatic carbocycles. The highest BCUT2D eigenvalue weighted by Crippen LogP contribution is 2.45. The van der Waals surface area contributed by atoms with Crippen LogP contribution in [-0.2, 0) is 85.5 Å². The lowest BCUT2D eigenvalue weighted by Gasteiger charge is -2.53. The normalized spacial score (nSPS) is 45.5. The maximum atomic E-state index is 14.1. The van der Waals surface area contributed by atoms with Crippen molar-refractivity contribution in [1.82, 2.24) is 5.32 Å². The number of nitrogens with one attached hydrogen (secondary N) is 1. The zero-order valence-electron chi connectivity index (χ0n) is 55.9. The molecule has 102 heavy (non-hydrogen) atoms. The topological polar surface area (TPSA) is 695 Å². The summed E-state index contributed by atoms with van der Waals surface area (Å²) in [5.41, 5.74) is 0. The average molecular weight is 1490 g/mol. The van der Waals surface area contributed by atoms with Gasteiger partial charge in [0.15, 0.2) is 25.2 Å². The van der Waals surface area contributed by atoms with Gasteiger partial charge in [-0.15, -0.1) is 0 Å². The van der Waals surface area contributed by atoms with Crippen molar-refractivity contribution in [2.24, 2.45) is 17.8 Å². The summed E-state index contributed by atoms with van der Waals surface area (Å²) >= 11 is 0. The summed E-state index contributed by atoms with van der Waals surface area (Å²) in [6.45, 7) is -0.834. The van der Waals surface area contributed by atoms with Crippen LogP contribution in [0.4, 0.5) is 0 Å². The third-order valence-corrected chi connectivity index (χ3v) is 19.4. The molecule has 43 heteroatoms. The molecule has 592 valence electrons. The Kier molecular flexibility index (Phi) is 30.0. The third kappa shape index (κ3) is 17.9. The van der Waals surface area contributed by atoms with Gasteiger partial charge in [-0.2, -0.15) is 0 Å². The molecule has 7 saturated heterocycles. The Balaban J connectivity index is 1.29. The highest BCUT2D eigenvalue weighted by atomic mass is 16.8. The second kappa shape index (κ2) is 35.7. The fraction of sp³-hybridized carbons (Fsp3) is 0.932. The van der Waals surface area contributed by atoms with Crippen molar-refractivity contribution in [2.45, 2.75) is 280 Å². The maximum absolute atomic E-state index is 14.1. The predicted octanol–water partition coefficient (Wildman–Crippen LogP) is -13.3. The molecule has 0 radical (unpaired) electrons. The molecule has 0 saturated carbocycles. The van der Waals surface area contributed by atoms with E-state index in [0.717, 1.165) is 13.8 Å². The smallest absolute Gasteiger partial charge is 0.364 e. The Morgan fingerprint density at radius 2 is 0.814 bits per heavy atom. The molecule has 43 nitrogen and oxygen atoms in total. The van der Waals surface area contributed by atoms with Crippen LogP contribution in [0, 0.1) is 17.8 Å². The molecule has 0 spiro atoms. The fourth-order valence-electron chi connectivity index (χ4n) is 13.4. The number of aliphatic carboxylic acids is 3. The van der Waals surface area contributed by atoms with E-state index in [0.29, 0.717) is 0 Å². The van der Waals surface area contributed by atoms with Crippen molar-refractivity contribution in [3.63, 3.8) is 0 Å². The van der Waals surface area contributed by atoms with Crippen molar-refractivity contribution in [1.29, 1.82) is 0 Å². The maximum Gasteiger partial charge on any atom is 0.364 e. The molecular weight excluding hydrogens is 1390 g/mol. The summed E-state index contributed by atoms with van der Waals surface area (Å²) in [7, 11) is 0. The first-order chi connectivity index (χ1) is 47.8. The lowest BCUT2D eigenvalue weighted by atomic mass is 9.83. The van der Waals surface area contributed by atoms with E-state index in [1.807, 2.05) is 0 Å². The second-order valence-electron chi connectivity index (χ2n) is 26.8. The largest absolute Gasteiger partial charge is 0.477 e. The van der Waals surface area contributed by atoms with Crippen molar-refractivity contribution in [3.8, 4) is 0 Å². The van der Waals surface area contributed by atoms with Crippen molar-refractivity contribution >= 4 is 23.8 Å². The summed E-state index contributed by atoms with van der Waals surface area (Å²) in [5.74, 6) is -21.2. The van der Waals surface area contributed by atoms with Crippen LogP contribution in [-0.4, -0.2) is 412 Å². The van der Waals surface area contributed by atoms with Crippen molar-refractivity contribution in [2.75, 3.05) is 46.2 Å². The predicted molar refractivity (Wildman–Crippen MR) is 318 cm³/mol. The number of carbonyl (C=O) groups is 4. The van der Waals surface area contributed by atoms with Crippen LogP contribution in [0.5, 0.6) is 0 Å². The van der Waals surface area contributed by atoms with Crippen LogP contribution < -0.4 is 5.32 Å². The highest BCUT2D eigenvalue weighted by molar-refractivity contribution is 5.77. The van der Waals surface area contributed by atoms with Crippen molar-refractivity contribution < 1.29 is 208 Å². The van der Waals surface area contributed by atoms with Crippen LogP contribution in [0.15, 0.2) is 0 Å². The van der Waals surface area contributed by atoms with Crippen LogP contribution in [0.25, 0.3) is 0 Å². The summed E-state index contributed by atoms with van der Waals surface area (Å²) in [6, 6.07) is -2.13. The molecule has 0 aromatic heterocycles. The van der Waals surface area contributed by atoms with E-state index in [1.54, 1.807) is 0 Å². The average Bonchev–Trinajstić information content (AvgIpc) is 0.749. The molecule has 32 unspecified atom stereocenters. The lowest BCUT2D eigenvalue weighted by molar-refractivity contribution is -0.407. The van der Waals surface area contributed by atoms with Gasteiger partial charge in [-0.1, -0.05) is 20.8 Å². The van der Waals surface area contributed by atoms with Crippen LogP contribution in [0.1, 0.15) is 60.8 Å². The van der Waals surface area contributed by atoms with E-state index in [2.05, 4.69) is 5.32 Å². The van der Waals surface area contributed by atoms with Gasteiger partial charge < -0.3 is 194 Å². The Morgan fingerprint density at radius 1 is 0.441 bits per heavy atom. The van der Waals surface area contributed by atoms with E-state index in [1.165, 1.54) is 27.7 Å². The number of aliphatic hydroxyl groups is 21. The molecule has 1 amide bonds. The van der Waals surface area contributed by atoms with Crippen LogP contribution in [0.3, 0.4) is 0 Å². The van der Waals surface area contributed by atoms with Gasteiger partial charge in [-0.05, 0) is 13.8 Å². The van der Waals surface area contributed by atoms with Crippen LogP contribution >= 0.6 is 0 Å². The first-order valence-corrected chi connectivity index (χ1v) is 32.9. The summed E-state index contributed by atoms with van der Waals surface area (Å²) < 4.78 is 82.5. The number of aliphatic hydroxyl groups excluding tert-OH is 21. The molecule has 7 heterocycles. The van der Waals surface area contributed by atoms with Gasteiger partial charge in [-0.25, -0.2) is 14.4 Å². The quantitative estimate of drug-likeness (QED) is 0.0306. The molecule has 7 rings (SSSR count). The van der Waals surface area contributed by atoms with Crippen LogP contribution in [0.2, 0.25) is 0 Å². The summed E-state index contributed by atoms with van der Waals surface area (Å²) in [4.78, 5) is 53.7. The number of hydrogen-bond acceptors (Lipinski definition) is 39. The number of rotatable bonds is 31. The van der Waals surface area contributed by atoms with E-state index in [9.17, 15) is 142 Å². The van der Waals surface area contributed by atoms with Crippen molar-refractivity contribution in [3.05, 3.63) is 0 Å². The zero-order chi connectivity index (χ0) is 76.3. The minimum atomic E-state index is -3.51. The molecule has 7 aliphatic heterocycles. The van der Waals surface area contributed by atoms with E-state index in [-0.39, 0.29) is 0 Å². The van der Waals surface area contributed by atoms with Gasteiger partial charge in [0, 0.05) is 43.9 Å². The minimum absolute atomic E-state index is 0.664. The molecule has 7 aliphatic rings. The third-order valence-electron chi connectivity index (χ3n) is 19.4. The Hall–Kier alpha value is -3.52. The Morgan fingerprint density at radius 3 is 1.25 bits per heavy atom. The zero-order valence-corrected chi connectivity index (χ0v) is 55.9. The van der Waals surface area contributed by atoms with E-state index in [4.69, 9.17) is 66.3 Å². The highest BCUT2D eigenvalue weighted by Gasteiger charge is 2.65.